The summed E-state index contributed by atoms with van der Waals surface area (Å²) in [5.41, 5.74) is 1.06. The molecule has 106 valence electrons. The van der Waals surface area contributed by atoms with Crippen LogP contribution < -0.4 is 0 Å². The highest BCUT2D eigenvalue weighted by molar-refractivity contribution is 7.89. The van der Waals surface area contributed by atoms with Crippen molar-refractivity contribution in [1.82, 2.24) is 4.31 Å². The maximum atomic E-state index is 13.4. The molecule has 1 N–H and O–H groups in total. The standard InChI is InChI=1S/C14H14FNO3S/c1-16(2)20(18,19)12-5-3-4-10(8-12)11-6-7-14(17)13(15)9-11/h3-9,17H,1-2H3. The van der Waals surface area contributed by atoms with Crippen LogP contribution in [0.4, 0.5) is 4.39 Å². The molecule has 0 spiro atoms. The Kier molecular flexibility index (Phi) is 3.78. The third-order valence-electron chi connectivity index (χ3n) is 2.89. The van der Waals surface area contributed by atoms with Crippen molar-refractivity contribution < 1.29 is 17.9 Å². The van der Waals surface area contributed by atoms with Gasteiger partial charge >= 0.3 is 0 Å². The number of halogens is 1. The van der Waals surface area contributed by atoms with Crippen LogP contribution in [0.5, 0.6) is 5.75 Å². The van der Waals surface area contributed by atoms with E-state index in [2.05, 4.69) is 0 Å². The van der Waals surface area contributed by atoms with Crippen molar-refractivity contribution in [3.8, 4) is 16.9 Å². The van der Waals surface area contributed by atoms with Gasteiger partial charge in [-0.3, -0.25) is 0 Å². The van der Waals surface area contributed by atoms with Crippen LogP contribution in [-0.4, -0.2) is 31.9 Å². The molecule has 0 saturated heterocycles. The van der Waals surface area contributed by atoms with Crippen molar-refractivity contribution >= 4 is 10.0 Å². The maximum Gasteiger partial charge on any atom is 0.242 e. The summed E-state index contributed by atoms with van der Waals surface area (Å²) in [4.78, 5) is 0.133. The second kappa shape index (κ2) is 5.22. The summed E-state index contributed by atoms with van der Waals surface area (Å²) in [5.74, 6) is -1.19. The second-order valence-corrected chi connectivity index (χ2v) is 6.63. The molecule has 0 fully saturated rings. The third kappa shape index (κ3) is 2.66. The fraction of sp³-hybridized carbons (Fsp3) is 0.143. The first kappa shape index (κ1) is 14.5. The van der Waals surface area contributed by atoms with Crippen molar-refractivity contribution in [1.29, 1.82) is 0 Å². The van der Waals surface area contributed by atoms with Crippen molar-refractivity contribution in [3.05, 3.63) is 48.3 Å². The van der Waals surface area contributed by atoms with Gasteiger partial charge in [0.05, 0.1) is 4.90 Å². The smallest absolute Gasteiger partial charge is 0.242 e. The fourth-order valence-corrected chi connectivity index (χ4v) is 2.68. The molecule has 0 unspecified atom stereocenters. The minimum absolute atomic E-state index is 0.133. The summed E-state index contributed by atoms with van der Waals surface area (Å²) in [6.45, 7) is 0. The number of phenols is 1. The van der Waals surface area contributed by atoms with Gasteiger partial charge in [-0.15, -0.1) is 0 Å². The van der Waals surface area contributed by atoms with Crippen LogP contribution in [0.2, 0.25) is 0 Å². The molecule has 6 heteroatoms. The topological polar surface area (TPSA) is 57.6 Å². The van der Waals surface area contributed by atoms with Gasteiger partial charge in [0.1, 0.15) is 0 Å². The number of benzene rings is 2. The van der Waals surface area contributed by atoms with Crippen molar-refractivity contribution in [2.75, 3.05) is 14.1 Å². The zero-order valence-electron chi connectivity index (χ0n) is 11.0. The number of rotatable bonds is 3. The molecule has 0 radical (unpaired) electrons. The summed E-state index contributed by atoms with van der Waals surface area (Å²) < 4.78 is 38.6. The molecule has 0 saturated carbocycles. The van der Waals surface area contributed by atoms with E-state index in [1.54, 1.807) is 12.1 Å². The van der Waals surface area contributed by atoms with Crippen LogP contribution in [0, 0.1) is 5.82 Å². The number of aromatic hydroxyl groups is 1. The molecule has 0 bridgehead atoms. The highest BCUT2D eigenvalue weighted by atomic mass is 32.2. The van der Waals surface area contributed by atoms with E-state index in [4.69, 9.17) is 5.11 Å². The van der Waals surface area contributed by atoms with Gasteiger partial charge < -0.3 is 5.11 Å². The Hall–Kier alpha value is -1.92. The second-order valence-electron chi connectivity index (χ2n) is 4.48. The van der Waals surface area contributed by atoms with Gasteiger partial charge in [-0.2, -0.15) is 0 Å². The Morgan fingerprint density at radius 1 is 1.05 bits per heavy atom. The van der Waals surface area contributed by atoms with Gasteiger partial charge in [0.25, 0.3) is 0 Å². The van der Waals surface area contributed by atoms with E-state index in [9.17, 15) is 12.8 Å². The predicted molar refractivity (Wildman–Crippen MR) is 74.4 cm³/mol. The summed E-state index contributed by atoms with van der Waals surface area (Å²) in [6, 6.07) is 10.2. The van der Waals surface area contributed by atoms with Crippen molar-refractivity contribution in [3.63, 3.8) is 0 Å². The van der Waals surface area contributed by atoms with E-state index in [1.807, 2.05) is 0 Å². The van der Waals surface area contributed by atoms with Crippen LogP contribution in [0.3, 0.4) is 0 Å². The molecular formula is C14H14FNO3S. The van der Waals surface area contributed by atoms with Gasteiger partial charge in [-0.05, 0) is 35.4 Å². The summed E-state index contributed by atoms with van der Waals surface area (Å²) in [5, 5.41) is 9.17. The van der Waals surface area contributed by atoms with E-state index < -0.39 is 21.6 Å². The number of hydrogen-bond donors (Lipinski definition) is 1. The normalized spacial score (nSPS) is 11.8. The van der Waals surface area contributed by atoms with E-state index in [0.717, 1.165) is 10.4 Å². The fourth-order valence-electron chi connectivity index (χ4n) is 1.73. The summed E-state index contributed by atoms with van der Waals surface area (Å²) >= 11 is 0. The largest absolute Gasteiger partial charge is 0.505 e. The molecule has 2 aromatic rings. The van der Waals surface area contributed by atoms with E-state index in [0.29, 0.717) is 11.1 Å². The highest BCUT2D eigenvalue weighted by Crippen LogP contribution is 2.27. The Labute approximate surface area is 117 Å². The molecule has 0 heterocycles. The minimum Gasteiger partial charge on any atom is -0.505 e. The molecule has 0 aliphatic heterocycles. The first-order chi connectivity index (χ1) is 9.32. The molecule has 2 rings (SSSR count). The average molecular weight is 295 g/mol. The van der Waals surface area contributed by atoms with Gasteiger partial charge in [0.2, 0.25) is 10.0 Å². The minimum atomic E-state index is -3.54. The molecule has 0 aliphatic carbocycles. The SMILES string of the molecule is CN(C)S(=O)(=O)c1cccc(-c2ccc(O)c(F)c2)c1. The zero-order chi connectivity index (χ0) is 14.9. The van der Waals surface area contributed by atoms with Crippen molar-refractivity contribution in [2.24, 2.45) is 0 Å². The van der Waals surface area contributed by atoms with Gasteiger partial charge in [-0.1, -0.05) is 18.2 Å². The monoisotopic (exact) mass is 295 g/mol. The lowest BCUT2D eigenvalue weighted by molar-refractivity contribution is 0.432. The molecule has 4 nitrogen and oxygen atoms in total. The quantitative estimate of drug-likeness (QED) is 0.946. The lowest BCUT2D eigenvalue weighted by Gasteiger charge is -2.12. The van der Waals surface area contributed by atoms with Crippen LogP contribution in [-0.2, 0) is 10.0 Å². The molecule has 2 aromatic carbocycles. The van der Waals surface area contributed by atoms with Crippen molar-refractivity contribution in [2.45, 2.75) is 4.90 Å². The molecular weight excluding hydrogens is 281 g/mol. The Balaban J connectivity index is 2.52. The lowest BCUT2D eigenvalue weighted by atomic mass is 10.1. The molecule has 0 amide bonds. The van der Waals surface area contributed by atoms with Gasteiger partial charge in [-0.25, -0.2) is 17.1 Å². The molecule has 0 aromatic heterocycles. The molecule has 0 aliphatic rings. The van der Waals surface area contributed by atoms with Gasteiger partial charge in [0, 0.05) is 14.1 Å². The van der Waals surface area contributed by atoms with Gasteiger partial charge in [0.15, 0.2) is 11.6 Å². The Bertz CT molecular complexity index is 742. The summed E-state index contributed by atoms with van der Waals surface area (Å²) in [6.07, 6.45) is 0. The number of phenolic OH excluding ortho intramolecular Hbond substituents is 1. The molecule has 20 heavy (non-hydrogen) atoms. The average Bonchev–Trinajstić information content (AvgIpc) is 2.42. The third-order valence-corrected chi connectivity index (χ3v) is 4.70. The van der Waals surface area contributed by atoms with Crippen LogP contribution in [0.25, 0.3) is 11.1 Å². The van der Waals surface area contributed by atoms with Crippen LogP contribution in [0.1, 0.15) is 0 Å². The first-order valence-electron chi connectivity index (χ1n) is 5.84. The maximum absolute atomic E-state index is 13.4. The van der Waals surface area contributed by atoms with E-state index >= 15 is 0 Å². The Morgan fingerprint density at radius 3 is 2.30 bits per heavy atom. The van der Waals surface area contributed by atoms with E-state index in [1.165, 1.54) is 38.4 Å². The zero-order valence-corrected chi connectivity index (χ0v) is 11.9. The Morgan fingerprint density at radius 2 is 1.70 bits per heavy atom. The first-order valence-corrected chi connectivity index (χ1v) is 7.28. The molecule has 0 atom stereocenters. The highest BCUT2D eigenvalue weighted by Gasteiger charge is 2.17. The number of hydrogen-bond acceptors (Lipinski definition) is 3. The number of sulfonamides is 1. The summed E-state index contributed by atoms with van der Waals surface area (Å²) in [7, 11) is -0.642. The van der Waals surface area contributed by atoms with E-state index in [-0.39, 0.29) is 4.90 Å². The lowest BCUT2D eigenvalue weighted by Crippen LogP contribution is -2.22. The van der Waals surface area contributed by atoms with Crippen LogP contribution >= 0.6 is 0 Å². The number of nitrogens with zero attached hydrogens (tertiary/aromatic N) is 1. The van der Waals surface area contributed by atoms with Crippen LogP contribution in [0.15, 0.2) is 47.4 Å². The predicted octanol–water partition coefficient (Wildman–Crippen LogP) is 2.45.